The van der Waals surface area contributed by atoms with E-state index in [1.807, 2.05) is 19.1 Å². The Hall–Kier alpha value is -2.01. The van der Waals surface area contributed by atoms with Crippen LogP contribution in [0.1, 0.15) is 37.0 Å². The number of nitrogens with zero attached hydrogens (tertiary/aromatic N) is 2. The Kier molecular flexibility index (Phi) is 10.4. The van der Waals surface area contributed by atoms with Gasteiger partial charge >= 0.3 is 0 Å². The maximum Gasteiger partial charge on any atom is 0.211 e. The molecule has 0 amide bonds. The van der Waals surface area contributed by atoms with Gasteiger partial charge in [-0.3, -0.25) is 0 Å². The van der Waals surface area contributed by atoms with Crippen LogP contribution in [0, 0.1) is 35.8 Å². The van der Waals surface area contributed by atoms with Gasteiger partial charge in [0.2, 0.25) is 10.0 Å². The van der Waals surface area contributed by atoms with Crippen LogP contribution < -0.4 is 0 Å². The van der Waals surface area contributed by atoms with E-state index in [1.165, 1.54) is 16.6 Å². The van der Waals surface area contributed by atoms with E-state index in [0.717, 1.165) is 18.1 Å². The summed E-state index contributed by atoms with van der Waals surface area (Å²) < 4.78 is 48.4. The number of benzene rings is 2. The van der Waals surface area contributed by atoms with Gasteiger partial charge in [-0.25, -0.2) is 21.5 Å². The van der Waals surface area contributed by atoms with Crippen molar-refractivity contribution in [1.29, 1.82) is 5.26 Å². The predicted octanol–water partition coefficient (Wildman–Crippen LogP) is 5.34. The van der Waals surface area contributed by atoms with Gasteiger partial charge in [0.1, 0.15) is 6.07 Å². The molecule has 3 rings (SSSR count). The second-order valence-electron chi connectivity index (χ2n) is 7.18. The van der Waals surface area contributed by atoms with E-state index in [0.29, 0.717) is 41.6 Å². The van der Waals surface area contributed by atoms with Crippen LogP contribution in [0.3, 0.4) is 0 Å². The van der Waals surface area contributed by atoms with Crippen LogP contribution in [0.4, 0.5) is 8.78 Å². The van der Waals surface area contributed by atoms with Gasteiger partial charge < -0.3 is 0 Å². The molecule has 2 aromatic rings. The van der Waals surface area contributed by atoms with Crippen molar-refractivity contribution < 1.29 is 17.2 Å². The number of halogens is 3. The Morgan fingerprint density at radius 2 is 1.93 bits per heavy atom. The molecule has 0 aromatic heterocycles. The van der Waals surface area contributed by atoms with E-state index in [-0.39, 0.29) is 0 Å². The minimum absolute atomic E-state index is 0.431. The lowest BCUT2D eigenvalue weighted by Crippen LogP contribution is -2.27. The third-order valence-corrected chi connectivity index (χ3v) is 6.10. The molecule has 2 aromatic carbocycles. The number of sulfonamides is 1. The van der Waals surface area contributed by atoms with Crippen LogP contribution in [-0.2, 0) is 16.4 Å². The van der Waals surface area contributed by atoms with Gasteiger partial charge in [-0.1, -0.05) is 43.6 Å². The van der Waals surface area contributed by atoms with Crippen molar-refractivity contribution in [3.63, 3.8) is 0 Å². The molecule has 1 aliphatic rings. The minimum Gasteiger partial charge on any atom is -0.213 e. The summed E-state index contributed by atoms with van der Waals surface area (Å²) in [5, 5.41) is 9.00. The highest BCUT2D eigenvalue weighted by molar-refractivity contribution is 7.88. The Morgan fingerprint density at radius 1 is 1.27 bits per heavy atom. The first-order chi connectivity index (χ1) is 14.0. The number of hydrogen-bond donors (Lipinski definition) is 0. The maximum absolute atomic E-state index is 12.6. The second kappa shape index (κ2) is 12.0. The van der Waals surface area contributed by atoms with E-state index in [1.54, 1.807) is 25.1 Å². The van der Waals surface area contributed by atoms with Crippen molar-refractivity contribution in [1.82, 2.24) is 4.31 Å². The average molecular weight is 457 g/mol. The third kappa shape index (κ3) is 8.39. The first kappa shape index (κ1) is 26.0. The van der Waals surface area contributed by atoms with Crippen molar-refractivity contribution in [2.24, 2.45) is 5.92 Å². The third-order valence-electron chi connectivity index (χ3n) is 4.51. The summed E-state index contributed by atoms with van der Waals surface area (Å²) in [5.74, 6) is -0.945. The number of aryl methyl sites for hydroxylation is 2. The van der Waals surface area contributed by atoms with Gasteiger partial charge in [-0.15, -0.1) is 0 Å². The molecule has 4 nitrogen and oxygen atoms in total. The topological polar surface area (TPSA) is 61.2 Å². The summed E-state index contributed by atoms with van der Waals surface area (Å²) in [6.45, 7) is 7.22. The molecule has 0 aliphatic carbocycles. The Morgan fingerprint density at radius 3 is 2.33 bits per heavy atom. The van der Waals surface area contributed by atoms with Crippen molar-refractivity contribution in [3.05, 3.63) is 69.7 Å². The highest BCUT2D eigenvalue weighted by Crippen LogP contribution is 2.17. The van der Waals surface area contributed by atoms with Crippen molar-refractivity contribution >= 4 is 21.6 Å². The van der Waals surface area contributed by atoms with Gasteiger partial charge in [0.05, 0.1) is 16.8 Å². The highest BCUT2D eigenvalue weighted by Gasteiger charge is 2.25. The quantitative estimate of drug-likeness (QED) is 0.613. The lowest BCUT2D eigenvalue weighted by Gasteiger charge is -2.10. The monoisotopic (exact) mass is 456 g/mol. The fourth-order valence-electron chi connectivity index (χ4n) is 2.73. The van der Waals surface area contributed by atoms with Crippen LogP contribution in [0.5, 0.6) is 0 Å². The summed E-state index contributed by atoms with van der Waals surface area (Å²) in [5.41, 5.74) is 2.04. The average Bonchev–Trinajstić information content (AvgIpc) is 3.12. The van der Waals surface area contributed by atoms with Gasteiger partial charge in [0, 0.05) is 13.1 Å². The summed E-state index contributed by atoms with van der Waals surface area (Å²) in [4.78, 5) is 0. The van der Waals surface area contributed by atoms with Gasteiger partial charge in [-0.05, 0) is 55.0 Å². The Bertz CT molecular complexity index is 991. The maximum atomic E-state index is 12.6. The molecule has 1 heterocycles. The summed E-state index contributed by atoms with van der Waals surface area (Å²) >= 11 is 5.71. The predicted molar refractivity (Wildman–Crippen MR) is 117 cm³/mol. The molecule has 1 atom stereocenters. The Labute approximate surface area is 183 Å². The van der Waals surface area contributed by atoms with Crippen molar-refractivity contribution in [2.75, 3.05) is 19.3 Å². The number of hydrogen-bond acceptors (Lipinski definition) is 3. The van der Waals surface area contributed by atoms with E-state index in [9.17, 15) is 17.2 Å². The number of nitriles is 1. The molecule has 8 heteroatoms. The molecule has 30 heavy (non-hydrogen) atoms. The van der Waals surface area contributed by atoms with E-state index in [4.69, 9.17) is 16.9 Å². The zero-order valence-corrected chi connectivity index (χ0v) is 19.2. The largest absolute Gasteiger partial charge is 0.213 e. The van der Waals surface area contributed by atoms with Crippen LogP contribution in [-0.4, -0.2) is 32.1 Å². The number of rotatable bonds is 2. The molecule has 1 aliphatic heterocycles. The molecule has 1 fully saturated rings. The fraction of sp³-hybridized carbons (Fsp3) is 0.409. The second-order valence-corrected chi connectivity index (χ2v) is 9.57. The summed E-state index contributed by atoms with van der Waals surface area (Å²) in [6.07, 6.45) is 2.81. The molecule has 1 saturated heterocycles. The van der Waals surface area contributed by atoms with E-state index >= 15 is 0 Å². The van der Waals surface area contributed by atoms with E-state index in [2.05, 4.69) is 6.92 Å². The standard InChI is InChI=1S/C8H6ClN.C8H8F2.C6H13NO2S/c1-6-2-3-7(5-10)8(9)4-6;1-2-6-4-3-5-7(9)8(6)10;1-6-3-4-7(5-6)10(2,8)9/h2-4H,1H3;3-5H,2H2,1H3;6H,3-5H2,1-2H3. The van der Waals surface area contributed by atoms with Gasteiger partial charge in [0.25, 0.3) is 0 Å². The van der Waals surface area contributed by atoms with Crippen molar-refractivity contribution in [3.8, 4) is 6.07 Å². The van der Waals surface area contributed by atoms with Crippen LogP contribution in [0.15, 0.2) is 36.4 Å². The van der Waals surface area contributed by atoms with Crippen LogP contribution in [0.25, 0.3) is 0 Å². The van der Waals surface area contributed by atoms with Gasteiger partial charge in [-0.2, -0.15) is 5.26 Å². The molecular formula is C22H27ClF2N2O2S. The smallest absolute Gasteiger partial charge is 0.211 e. The normalized spacial score (nSPS) is 16.0. The highest BCUT2D eigenvalue weighted by atomic mass is 35.5. The van der Waals surface area contributed by atoms with Crippen molar-refractivity contribution in [2.45, 2.75) is 33.6 Å². The lowest BCUT2D eigenvalue weighted by atomic mass is 10.1. The zero-order chi connectivity index (χ0) is 22.9. The minimum atomic E-state index is -2.90. The van der Waals surface area contributed by atoms with E-state index < -0.39 is 21.7 Å². The molecule has 0 spiro atoms. The molecule has 0 N–H and O–H groups in total. The first-order valence-electron chi connectivity index (χ1n) is 9.53. The molecule has 0 radical (unpaired) electrons. The SMILES string of the molecule is CC1CCN(S(C)(=O)=O)C1.CCc1cccc(F)c1F.Cc1ccc(C#N)c(Cl)c1. The fourth-order valence-corrected chi connectivity index (χ4v) is 3.97. The lowest BCUT2D eigenvalue weighted by molar-refractivity contribution is 0.469. The molecule has 0 saturated carbocycles. The summed E-state index contributed by atoms with van der Waals surface area (Å²) in [7, 11) is -2.90. The van der Waals surface area contributed by atoms with Crippen LogP contribution in [0.2, 0.25) is 5.02 Å². The molecule has 164 valence electrons. The summed E-state index contributed by atoms with van der Waals surface area (Å²) in [6, 6.07) is 11.6. The molecular weight excluding hydrogens is 430 g/mol. The molecule has 1 unspecified atom stereocenters. The first-order valence-corrected chi connectivity index (χ1v) is 11.8. The van der Waals surface area contributed by atoms with Gasteiger partial charge in [0.15, 0.2) is 11.6 Å². The zero-order valence-electron chi connectivity index (χ0n) is 17.6. The Balaban J connectivity index is 0.000000225. The van der Waals surface area contributed by atoms with Crippen LogP contribution >= 0.6 is 11.6 Å². The molecule has 0 bridgehead atoms.